The number of hydrogen-bond acceptors (Lipinski definition) is 6. The van der Waals surface area contributed by atoms with Crippen LogP contribution in [0.2, 0.25) is 0 Å². The number of ether oxygens (including phenoxy) is 2. The Morgan fingerprint density at radius 2 is 1.62 bits per heavy atom. The van der Waals surface area contributed by atoms with E-state index in [0.717, 1.165) is 0 Å². The molecule has 0 spiro atoms. The molecule has 1 amide bonds. The molecule has 0 bridgehead atoms. The first-order valence-corrected chi connectivity index (χ1v) is 10.3. The summed E-state index contributed by atoms with van der Waals surface area (Å²) in [4.78, 5) is 12.8. The fourth-order valence-electron chi connectivity index (χ4n) is 3.19. The number of phenolic OH excluding ortho intramolecular Hbond substituents is 2. The van der Waals surface area contributed by atoms with Crippen LogP contribution < -0.4 is 14.9 Å². The second-order valence-corrected chi connectivity index (χ2v) is 6.85. The Hall–Kier alpha value is -4.00. The standard InChI is InChI=1S/C25H26N2O5/c1-3-31-21-13-7-10-18(23(21)28)15-17-9-5-6-12-20(17)25(30)27-26-16-19-11-8-14-22(24(19)29)32-4-2/h5-16,20,28-29H,3-4H2,1-2H3,(H,27,30). The molecule has 2 aromatic rings. The van der Waals surface area contributed by atoms with E-state index in [1.54, 1.807) is 60.7 Å². The molecule has 0 heterocycles. The highest BCUT2D eigenvalue weighted by molar-refractivity contribution is 5.89. The molecule has 7 heteroatoms. The molecule has 0 radical (unpaired) electrons. The number of carbonyl (C=O) groups is 1. The highest BCUT2D eigenvalue weighted by Crippen LogP contribution is 2.33. The van der Waals surface area contributed by atoms with Crippen molar-refractivity contribution >= 4 is 18.2 Å². The number of nitrogens with one attached hydrogen (secondary N) is 1. The smallest absolute Gasteiger partial charge is 0.251 e. The Morgan fingerprint density at radius 1 is 1.00 bits per heavy atom. The van der Waals surface area contributed by atoms with E-state index in [0.29, 0.717) is 41.4 Å². The predicted octanol–water partition coefficient (Wildman–Crippen LogP) is 4.17. The SMILES string of the molecule is CCOc1cccc(C=NNC(=O)C2C=CC=CC2=Cc2cccc(OCC)c2O)c1O. The Kier molecular flexibility index (Phi) is 7.70. The van der Waals surface area contributed by atoms with Gasteiger partial charge in [-0.15, -0.1) is 0 Å². The largest absolute Gasteiger partial charge is 0.504 e. The molecule has 0 saturated carbocycles. The number of nitrogens with zero attached hydrogens (tertiary/aromatic N) is 1. The lowest BCUT2D eigenvalue weighted by Gasteiger charge is -2.16. The Morgan fingerprint density at radius 3 is 2.28 bits per heavy atom. The molecule has 3 rings (SSSR count). The van der Waals surface area contributed by atoms with Crippen LogP contribution in [0.1, 0.15) is 25.0 Å². The molecule has 3 N–H and O–H groups in total. The number of para-hydroxylation sites is 2. The van der Waals surface area contributed by atoms with Crippen LogP contribution in [0.4, 0.5) is 0 Å². The first kappa shape index (κ1) is 22.7. The van der Waals surface area contributed by atoms with Gasteiger partial charge >= 0.3 is 0 Å². The van der Waals surface area contributed by atoms with Gasteiger partial charge in [-0.1, -0.05) is 42.5 Å². The van der Waals surface area contributed by atoms with Crippen molar-refractivity contribution in [1.82, 2.24) is 5.43 Å². The lowest BCUT2D eigenvalue weighted by Crippen LogP contribution is -2.27. The normalized spacial score (nSPS) is 16.4. The van der Waals surface area contributed by atoms with Crippen LogP contribution in [0.3, 0.4) is 0 Å². The highest BCUT2D eigenvalue weighted by atomic mass is 16.5. The molecule has 0 fully saturated rings. The molecular weight excluding hydrogens is 408 g/mol. The number of benzene rings is 2. The third kappa shape index (κ3) is 5.37. The van der Waals surface area contributed by atoms with E-state index in [-0.39, 0.29) is 17.4 Å². The third-order valence-corrected chi connectivity index (χ3v) is 4.71. The van der Waals surface area contributed by atoms with Gasteiger partial charge < -0.3 is 19.7 Å². The van der Waals surface area contributed by atoms with E-state index in [4.69, 9.17) is 9.47 Å². The lowest BCUT2D eigenvalue weighted by molar-refractivity contribution is -0.122. The van der Waals surface area contributed by atoms with E-state index in [2.05, 4.69) is 10.5 Å². The summed E-state index contributed by atoms with van der Waals surface area (Å²) in [5.74, 6) is -0.242. The van der Waals surface area contributed by atoms with Crippen LogP contribution in [0.25, 0.3) is 6.08 Å². The summed E-state index contributed by atoms with van der Waals surface area (Å²) >= 11 is 0. The van der Waals surface area contributed by atoms with Crippen LogP contribution in [0, 0.1) is 5.92 Å². The zero-order chi connectivity index (χ0) is 22.9. The molecule has 1 atom stereocenters. The van der Waals surface area contributed by atoms with Gasteiger partial charge in [-0.3, -0.25) is 4.79 Å². The Bertz CT molecular complexity index is 1090. The molecule has 0 saturated heterocycles. The number of hydrogen-bond donors (Lipinski definition) is 3. The van der Waals surface area contributed by atoms with Crippen molar-refractivity contribution in [2.45, 2.75) is 13.8 Å². The van der Waals surface area contributed by atoms with Gasteiger partial charge in [-0.25, -0.2) is 5.43 Å². The summed E-state index contributed by atoms with van der Waals surface area (Å²) in [6, 6.07) is 10.3. The molecule has 166 valence electrons. The molecule has 0 aliphatic heterocycles. The first-order valence-electron chi connectivity index (χ1n) is 10.3. The molecular formula is C25H26N2O5. The summed E-state index contributed by atoms with van der Waals surface area (Å²) in [5.41, 5.74) is 4.16. The number of hydrazone groups is 1. The minimum absolute atomic E-state index is 0.0200. The van der Waals surface area contributed by atoms with Crippen LogP contribution >= 0.6 is 0 Å². The van der Waals surface area contributed by atoms with Gasteiger partial charge in [-0.2, -0.15) is 5.10 Å². The van der Waals surface area contributed by atoms with Gasteiger partial charge in [0.25, 0.3) is 5.91 Å². The number of aromatic hydroxyl groups is 2. The van der Waals surface area contributed by atoms with E-state index >= 15 is 0 Å². The number of allylic oxidation sites excluding steroid dienone is 3. The fourth-order valence-corrected chi connectivity index (χ4v) is 3.19. The molecule has 1 aliphatic rings. The van der Waals surface area contributed by atoms with E-state index in [1.807, 2.05) is 19.9 Å². The van der Waals surface area contributed by atoms with Crippen molar-refractivity contribution in [3.8, 4) is 23.0 Å². The molecule has 7 nitrogen and oxygen atoms in total. The zero-order valence-corrected chi connectivity index (χ0v) is 18.0. The number of phenols is 2. The minimum atomic E-state index is -0.601. The third-order valence-electron chi connectivity index (χ3n) is 4.71. The summed E-state index contributed by atoms with van der Waals surface area (Å²) in [6.07, 6.45) is 10.2. The molecule has 0 aromatic heterocycles. The highest BCUT2D eigenvalue weighted by Gasteiger charge is 2.21. The summed E-state index contributed by atoms with van der Waals surface area (Å²) < 4.78 is 10.8. The van der Waals surface area contributed by atoms with E-state index in [9.17, 15) is 15.0 Å². The van der Waals surface area contributed by atoms with Crippen molar-refractivity contribution in [1.29, 1.82) is 0 Å². The number of carbonyl (C=O) groups excluding carboxylic acids is 1. The monoisotopic (exact) mass is 434 g/mol. The Labute approximate surface area is 187 Å². The van der Waals surface area contributed by atoms with Crippen molar-refractivity contribution in [3.63, 3.8) is 0 Å². The lowest BCUT2D eigenvalue weighted by atomic mass is 9.92. The number of rotatable bonds is 8. The van der Waals surface area contributed by atoms with Gasteiger partial charge in [0.05, 0.1) is 25.3 Å². The maximum absolute atomic E-state index is 12.8. The van der Waals surface area contributed by atoms with Crippen molar-refractivity contribution in [3.05, 3.63) is 77.4 Å². The van der Waals surface area contributed by atoms with E-state index < -0.39 is 5.92 Å². The number of amides is 1. The Balaban J connectivity index is 1.76. The van der Waals surface area contributed by atoms with Crippen molar-refractivity contribution in [2.24, 2.45) is 11.0 Å². The average Bonchev–Trinajstić information content (AvgIpc) is 2.79. The van der Waals surface area contributed by atoms with Gasteiger partial charge in [0.15, 0.2) is 23.0 Å². The topological polar surface area (TPSA) is 100 Å². The summed E-state index contributed by atoms with van der Waals surface area (Å²) in [6.45, 7) is 4.52. The quantitative estimate of drug-likeness (QED) is 0.428. The maximum atomic E-state index is 12.8. The van der Waals surface area contributed by atoms with Gasteiger partial charge in [0, 0.05) is 11.1 Å². The van der Waals surface area contributed by atoms with Crippen LogP contribution in [-0.2, 0) is 4.79 Å². The van der Waals surface area contributed by atoms with Crippen LogP contribution in [-0.4, -0.2) is 35.5 Å². The second kappa shape index (κ2) is 10.9. The van der Waals surface area contributed by atoms with Crippen LogP contribution in [0.5, 0.6) is 23.0 Å². The second-order valence-electron chi connectivity index (χ2n) is 6.85. The van der Waals surface area contributed by atoms with Gasteiger partial charge in [0.1, 0.15) is 0 Å². The van der Waals surface area contributed by atoms with Gasteiger partial charge in [-0.05, 0) is 43.7 Å². The molecule has 32 heavy (non-hydrogen) atoms. The first-order chi connectivity index (χ1) is 15.5. The minimum Gasteiger partial charge on any atom is -0.504 e. The summed E-state index contributed by atoms with van der Waals surface area (Å²) in [7, 11) is 0. The van der Waals surface area contributed by atoms with E-state index in [1.165, 1.54) is 6.21 Å². The van der Waals surface area contributed by atoms with Crippen LogP contribution in [0.15, 0.2) is 71.4 Å². The summed E-state index contributed by atoms with van der Waals surface area (Å²) in [5, 5.41) is 24.7. The zero-order valence-electron chi connectivity index (χ0n) is 18.0. The van der Waals surface area contributed by atoms with Crippen molar-refractivity contribution < 1.29 is 24.5 Å². The predicted molar refractivity (Wildman–Crippen MR) is 124 cm³/mol. The fraction of sp³-hybridized carbons (Fsp3) is 0.200. The maximum Gasteiger partial charge on any atom is 0.251 e. The molecule has 2 aromatic carbocycles. The molecule has 1 aliphatic carbocycles. The van der Waals surface area contributed by atoms with Crippen molar-refractivity contribution in [2.75, 3.05) is 13.2 Å². The average molecular weight is 434 g/mol. The van der Waals surface area contributed by atoms with Gasteiger partial charge in [0.2, 0.25) is 0 Å². The molecule has 1 unspecified atom stereocenters.